The van der Waals surface area contributed by atoms with E-state index < -0.39 is 0 Å². The van der Waals surface area contributed by atoms with E-state index in [4.69, 9.17) is 4.42 Å². The standard InChI is InChI=1S/C21H18N4O3/c26-19(9-11-25-14-24-17-7-2-1-6-16(17)21(25)27)23-13-15-5-3-10-22-20(15)18-8-4-12-28-18/h1-8,10,12,14H,9,11,13H2,(H,23,26). The van der Waals surface area contributed by atoms with Gasteiger partial charge in [0.1, 0.15) is 5.69 Å². The van der Waals surface area contributed by atoms with Gasteiger partial charge in [0.25, 0.3) is 5.56 Å². The highest BCUT2D eigenvalue weighted by atomic mass is 16.3. The van der Waals surface area contributed by atoms with Crippen LogP contribution in [0, 0.1) is 0 Å². The van der Waals surface area contributed by atoms with E-state index in [1.807, 2.05) is 24.3 Å². The summed E-state index contributed by atoms with van der Waals surface area (Å²) in [6.45, 7) is 0.591. The van der Waals surface area contributed by atoms with Crippen molar-refractivity contribution in [1.82, 2.24) is 19.9 Å². The minimum absolute atomic E-state index is 0.147. The van der Waals surface area contributed by atoms with Gasteiger partial charge in [0, 0.05) is 31.3 Å². The molecule has 28 heavy (non-hydrogen) atoms. The van der Waals surface area contributed by atoms with Crippen LogP contribution in [0.1, 0.15) is 12.0 Å². The van der Waals surface area contributed by atoms with Crippen LogP contribution in [0.4, 0.5) is 0 Å². The highest BCUT2D eigenvalue weighted by Gasteiger charge is 2.11. The average Bonchev–Trinajstić information content (AvgIpc) is 3.27. The molecule has 0 saturated heterocycles. The van der Waals surface area contributed by atoms with Crippen LogP contribution in [0.3, 0.4) is 0 Å². The molecule has 0 aliphatic heterocycles. The molecule has 4 rings (SSSR count). The number of hydrogen-bond donors (Lipinski definition) is 1. The van der Waals surface area contributed by atoms with Crippen LogP contribution in [0.15, 0.2) is 76.5 Å². The molecule has 0 unspecified atom stereocenters. The number of carbonyl (C=O) groups is 1. The second-order valence-electron chi connectivity index (χ2n) is 6.28. The Bertz CT molecular complexity index is 1170. The molecule has 0 atom stereocenters. The van der Waals surface area contributed by atoms with Crippen molar-refractivity contribution in [1.29, 1.82) is 0 Å². The Labute approximate surface area is 160 Å². The zero-order chi connectivity index (χ0) is 19.3. The lowest BCUT2D eigenvalue weighted by Gasteiger charge is -2.09. The minimum Gasteiger partial charge on any atom is -0.463 e. The van der Waals surface area contributed by atoms with E-state index in [0.717, 1.165) is 5.56 Å². The zero-order valence-corrected chi connectivity index (χ0v) is 15.0. The molecule has 140 valence electrons. The predicted octanol–water partition coefficient (Wildman–Crippen LogP) is 2.76. The number of carbonyl (C=O) groups excluding carboxylic acids is 1. The summed E-state index contributed by atoms with van der Waals surface area (Å²) >= 11 is 0. The topological polar surface area (TPSA) is 90.0 Å². The Morgan fingerprint density at radius 2 is 1.96 bits per heavy atom. The molecular formula is C21H18N4O3. The Kier molecular flexibility index (Phi) is 4.97. The van der Waals surface area contributed by atoms with Crippen molar-refractivity contribution >= 4 is 16.8 Å². The van der Waals surface area contributed by atoms with Gasteiger partial charge in [0.15, 0.2) is 5.76 Å². The van der Waals surface area contributed by atoms with Crippen LogP contribution in [-0.2, 0) is 17.9 Å². The summed E-state index contributed by atoms with van der Waals surface area (Å²) < 4.78 is 6.86. The number of benzene rings is 1. The first-order chi connectivity index (χ1) is 13.7. The molecule has 0 aliphatic rings. The van der Waals surface area contributed by atoms with Crippen molar-refractivity contribution in [2.45, 2.75) is 19.5 Å². The van der Waals surface area contributed by atoms with Gasteiger partial charge < -0.3 is 9.73 Å². The fraction of sp³-hybridized carbons (Fsp3) is 0.143. The van der Waals surface area contributed by atoms with E-state index in [1.54, 1.807) is 36.7 Å². The number of amides is 1. The number of aryl methyl sites for hydroxylation is 1. The van der Waals surface area contributed by atoms with E-state index in [9.17, 15) is 9.59 Å². The van der Waals surface area contributed by atoms with Crippen molar-refractivity contribution < 1.29 is 9.21 Å². The van der Waals surface area contributed by atoms with Crippen LogP contribution in [-0.4, -0.2) is 20.4 Å². The van der Waals surface area contributed by atoms with Crippen LogP contribution in [0.5, 0.6) is 0 Å². The number of aromatic nitrogens is 3. The van der Waals surface area contributed by atoms with Gasteiger partial charge in [-0.1, -0.05) is 18.2 Å². The first-order valence-corrected chi connectivity index (χ1v) is 8.91. The molecule has 1 N–H and O–H groups in total. The minimum atomic E-state index is -0.158. The highest BCUT2D eigenvalue weighted by Crippen LogP contribution is 2.21. The average molecular weight is 374 g/mol. The lowest BCUT2D eigenvalue weighted by Crippen LogP contribution is -2.27. The fourth-order valence-electron chi connectivity index (χ4n) is 2.99. The lowest BCUT2D eigenvalue weighted by atomic mass is 10.1. The van der Waals surface area contributed by atoms with Crippen molar-refractivity contribution in [3.8, 4) is 11.5 Å². The Balaban J connectivity index is 1.40. The molecule has 3 heterocycles. The van der Waals surface area contributed by atoms with E-state index in [0.29, 0.717) is 28.9 Å². The summed E-state index contributed by atoms with van der Waals surface area (Å²) in [6, 6.07) is 14.5. The summed E-state index contributed by atoms with van der Waals surface area (Å²) in [5.74, 6) is 0.493. The van der Waals surface area contributed by atoms with Gasteiger partial charge in [-0.25, -0.2) is 4.98 Å². The van der Waals surface area contributed by atoms with Gasteiger partial charge in [0.2, 0.25) is 5.91 Å². The molecule has 7 nitrogen and oxygen atoms in total. The molecule has 0 fully saturated rings. The third-order valence-electron chi connectivity index (χ3n) is 4.43. The Hall–Kier alpha value is -3.74. The number of hydrogen-bond acceptors (Lipinski definition) is 5. The molecule has 0 bridgehead atoms. The number of nitrogens with zero attached hydrogens (tertiary/aromatic N) is 3. The summed E-state index contributed by atoms with van der Waals surface area (Å²) in [4.78, 5) is 33.3. The first-order valence-electron chi connectivity index (χ1n) is 8.91. The van der Waals surface area contributed by atoms with Crippen LogP contribution in [0.2, 0.25) is 0 Å². The zero-order valence-electron chi connectivity index (χ0n) is 15.0. The lowest BCUT2D eigenvalue weighted by molar-refractivity contribution is -0.121. The van der Waals surface area contributed by atoms with E-state index >= 15 is 0 Å². The van der Waals surface area contributed by atoms with Crippen molar-refractivity contribution in [2.24, 2.45) is 0 Å². The molecule has 0 aliphatic carbocycles. The summed E-state index contributed by atoms with van der Waals surface area (Å²) in [5, 5.41) is 3.42. The second-order valence-corrected chi connectivity index (χ2v) is 6.28. The SMILES string of the molecule is O=C(CCn1cnc2ccccc2c1=O)NCc1cccnc1-c1ccco1. The van der Waals surface area contributed by atoms with E-state index in [1.165, 1.54) is 10.9 Å². The summed E-state index contributed by atoms with van der Waals surface area (Å²) in [7, 11) is 0. The normalized spacial score (nSPS) is 10.9. The van der Waals surface area contributed by atoms with Gasteiger partial charge in [0.05, 0.1) is 23.5 Å². The molecule has 1 aromatic carbocycles. The number of nitrogens with one attached hydrogen (secondary N) is 1. The Morgan fingerprint density at radius 3 is 2.82 bits per heavy atom. The molecule has 4 aromatic rings. The molecule has 3 aromatic heterocycles. The number of para-hydroxylation sites is 1. The van der Waals surface area contributed by atoms with Gasteiger partial charge in [-0.15, -0.1) is 0 Å². The molecule has 0 radical (unpaired) electrons. The number of pyridine rings is 1. The van der Waals surface area contributed by atoms with Gasteiger partial charge in [-0.3, -0.25) is 19.1 Å². The van der Waals surface area contributed by atoms with Crippen molar-refractivity contribution in [2.75, 3.05) is 0 Å². The molecule has 7 heteroatoms. The number of furan rings is 1. The van der Waals surface area contributed by atoms with Crippen LogP contribution < -0.4 is 10.9 Å². The maximum Gasteiger partial charge on any atom is 0.261 e. The first kappa shape index (κ1) is 17.7. The quantitative estimate of drug-likeness (QED) is 0.560. The molecule has 0 saturated carbocycles. The number of rotatable bonds is 6. The van der Waals surface area contributed by atoms with Gasteiger partial charge >= 0.3 is 0 Å². The van der Waals surface area contributed by atoms with Gasteiger partial charge in [-0.2, -0.15) is 0 Å². The second kappa shape index (κ2) is 7.87. The van der Waals surface area contributed by atoms with Gasteiger partial charge in [-0.05, 0) is 30.3 Å². The summed E-state index contributed by atoms with van der Waals surface area (Å²) in [6.07, 6.45) is 4.92. The van der Waals surface area contributed by atoms with Crippen molar-refractivity contribution in [3.05, 3.63) is 83.2 Å². The summed E-state index contributed by atoms with van der Waals surface area (Å²) in [5.41, 5.74) is 2.05. The molecule has 1 amide bonds. The smallest absolute Gasteiger partial charge is 0.261 e. The third-order valence-corrected chi connectivity index (χ3v) is 4.43. The van der Waals surface area contributed by atoms with Crippen LogP contribution >= 0.6 is 0 Å². The maximum absolute atomic E-state index is 12.5. The predicted molar refractivity (Wildman–Crippen MR) is 104 cm³/mol. The monoisotopic (exact) mass is 374 g/mol. The highest BCUT2D eigenvalue weighted by molar-refractivity contribution is 5.77. The Morgan fingerprint density at radius 1 is 1.07 bits per heavy atom. The molecular weight excluding hydrogens is 356 g/mol. The largest absolute Gasteiger partial charge is 0.463 e. The number of fused-ring (bicyclic) bond motifs is 1. The molecule has 0 spiro atoms. The van der Waals surface area contributed by atoms with E-state index in [-0.39, 0.29) is 24.4 Å². The van der Waals surface area contributed by atoms with Crippen LogP contribution in [0.25, 0.3) is 22.4 Å². The third kappa shape index (κ3) is 3.68. The maximum atomic E-state index is 12.5. The fourth-order valence-corrected chi connectivity index (χ4v) is 2.99. The van der Waals surface area contributed by atoms with Crippen molar-refractivity contribution in [3.63, 3.8) is 0 Å². The van der Waals surface area contributed by atoms with E-state index in [2.05, 4.69) is 15.3 Å².